The first-order valence-corrected chi connectivity index (χ1v) is 6.75. The molecule has 0 bridgehead atoms. The van der Waals surface area contributed by atoms with Crippen molar-refractivity contribution in [1.29, 1.82) is 0 Å². The van der Waals surface area contributed by atoms with E-state index in [4.69, 9.17) is 10.3 Å². The van der Waals surface area contributed by atoms with Crippen molar-refractivity contribution in [3.8, 4) is 11.4 Å². The van der Waals surface area contributed by atoms with Crippen molar-refractivity contribution in [2.45, 2.75) is 25.4 Å². The van der Waals surface area contributed by atoms with E-state index >= 15 is 0 Å². The molecule has 1 aromatic carbocycles. The zero-order valence-electron chi connectivity index (χ0n) is 12.1. The topological polar surface area (TPSA) is 80.5 Å². The molecule has 8 heteroatoms. The molecule has 1 saturated carbocycles. The van der Waals surface area contributed by atoms with Gasteiger partial charge in [-0.05, 0) is 25.0 Å². The summed E-state index contributed by atoms with van der Waals surface area (Å²) in [5, 5.41) is 3.82. The number of nitrogens with zero attached hydrogens (tertiary/aromatic N) is 4. The maximum Gasteiger partial charge on any atom is 0.248 e. The Hall–Kier alpha value is -1.71. The second-order valence-electron chi connectivity index (χ2n) is 5.04. The van der Waals surface area contributed by atoms with Crippen LogP contribution >= 0.6 is 24.0 Å². The number of benzene rings is 1. The highest BCUT2D eigenvalue weighted by molar-refractivity contribution is 14.0. The van der Waals surface area contributed by atoms with Crippen molar-refractivity contribution in [1.82, 2.24) is 15.0 Å². The average Bonchev–Trinajstić information content (AvgIpc) is 3.22. The van der Waals surface area contributed by atoms with Crippen LogP contribution in [0.15, 0.2) is 33.8 Å². The van der Waals surface area contributed by atoms with Gasteiger partial charge < -0.3 is 15.2 Å². The van der Waals surface area contributed by atoms with Crippen LogP contribution in [0.3, 0.4) is 0 Å². The molecule has 22 heavy (non-hydrogen) atoms. The molecule has 1 fully saturated rings. The highest BCUT2D eigenvalue weighted by Gasteiger charge is 2.27. The predicted molar refractivity (Wildman–Crippen MR) is 91.2 cm³/mol. The molecule has 0 saturated heterocycles. The van der Waals surface area contributed by atoms with Crippen LogP contribution in [0.5, 0.6) is 0 Å². The molecule has 1 heterocycles. The van der Waals surface area contributed by atoms with Gasteiger partial charge in [-0.25, -0.2) is 9.38 Å². The molecule has 0 spiro atoms. The second-order valence-corrected chi connectivity index (χ2v) is 5.04. The van der Waals surface area contributed by atoms with Crippen LogP contribution in [0.25, 0.3) is 11.4 Å². The largest absolute Gasteiger partial charge is 0.370 e. The number of guanidine groups is 1. The van der Waals surface area contributed by atoms with E-state index in [0.717, 1.165) is 12.8 Å². The van der Waals surface area contributed by atoms with Crippen molar-refractivity contribution in [3.63, 3.8) is 0 Å². The van der Waals surface area contributed by atoms with E-state index in [1.807, 2.05) is 11.9 Å². The van der Waals surface area contributed by atoms with Gasteiger partial charge in [0.25, 0.3) is 0 Å². The fraction of sp³-hybridized carbons (Fsp3) is 0.357. The quantitative estimate of drug-likeness (QED) is 0.470. The molecule has 2 N–H and O–H groups in total. The molecule has 118 valence electrons. The first kappa shape index (κ1) is 16.7. The lowest BCUT2D eigenvalue weighted by Gasteiger charge is -2.16. The van der Waals surface area contributed by atoms with Gasteiger partial charge in [-0.2, -0.15) is 4.98 Å². The smallest absolute Gasteiger partial charge is 0.248 e. The van der Waals surface area contributed by atoms with E-state index in [-0.39, 0.29) is 36.3 Å². The Kier molecular flexibility index (Phi) is 5.33. The number of rotatable bonds is 4. The van der Waals surface area contributed by atoms with Gasteiger partial charge in [0.2, 0.25) is 11.7 Å². The zero-order valence-corrected chi connectivity index (χ0v) is 14.4. The number of nitrogens with two attached hydrogens (primary N) is 1. The summed E-state index contributed by atoms with van der Waals surface area (Å²) in [5.74, 6) is 0.811. The summed E-state index contributed by atoms with van der Waals surface area (Å²) in [6.45, 7) is 0.214. The van der Waals surface area contributed by atoms with Crippen LogP contribution < -0.4 is 5.73 Å². The molecule has 0 amide bonds. The van der Waals surface area contributed by atoms with Gasteiger partial charge in [-0.1, -0.05) is 17.3 Å². The molecule has 0 atom stereocenters. The maximum atomic E-state index is 13.2. The number of halogens is 2. The zero-order chi connectivity index (χ0) is 14.8. The van der Waals surface area contributed by atoms with Gasteiger partial charge in [-0.15, -0.1) is 24.0 Å². The molecular weight excluding hydrogens is 400 g/mol. The first-order chi connectivity index (χ1) is 10.1. The second kappa shape index (κ2) is 7.03. The SMILES string of the molecule is CN(C(N)=NCc1nc(-c2cccc(F)c2)no1)C1CC1.I. The highest BCUT2D eigenvalue weighted by Crippen LogP contribution is 2.25. The molecule has 1 aliphatic rings. The summed E-state index contributed by atoms with van der Waals surface area (Å²) in [6.07, 6.45) is 2.30. The normalized spacial score (nSPS) is 14.5. The lowest BCUT2D eigenvalue weighted by molar-refractivity contribution is 0.379. The van der Waals surface area contributed by atoms with Crippen LogP contribution in [0.1, 0.15) is 18.7 Å². The van der Waals surface area contributed by atoms with Gasteiger partial charge >= 0.3 is 0 Å². The van der Waals surface area contributed by atoms with Gasteiger partial charge in [0.1, 0.15) is 12.4 Å². The van der Waals surface area contributed by atoms with Gasteiger partial charge in [-0.3, -0.25) is 0 Å². The Bertz CT molecular complexity index is 671. The monoisotopic (exact) mass is 417 g/mol. The fourth-order valence-electron chi connectivity index (χ4n) is 1.97. The maximum absolute atomic E-state index is 13.2. The minimum absolute atomic E-state index is 0. The summed E-state index contributed by atoms with van der Waals surface area (Å²) in [6, 6.07) is 6.54. The Morgan fingerprint density at radius 3 is 2.95 bits per heavy atom. The third-order valence-corrected chi connectivity index (χ3v) is 3.38. The number of aliphatic imine (C=N–C) groups is 1. The molecule has 3 rings (SSSR count). The third-order valence-electron chi connectivity index (χ3n) is 3.38. The minimum Gasteiger partial charge on any atom is -0.370 e. The number of aromatic nitrogens is 2. The van der Waals surface area contributed by atoms with E-state index in [2.05, 4.69) is 15.1 Å². The fourth-order valence-corrected chi connectivity index (χ4v) is 1.97. The number of hydrogen-bond donors (Lipinski definition) is 1. The van der Waals surface area contributed by atoms with Crippen molar-refractivity contribution in [2.75, 3.05) is 7.05 Å². The van der Waals surface area contributed by atoms with Gasteiger partial charge in [0.15, 0.2) is 5.96 Å². The van der Waals surface area contributed by atoms with E-state index in [0.29, 0.717) is 29.3 Å². The molecule has 1 aliphatic carbocycles. The van der Waals surface area contributed by atoms with Crippen molar-refractivity contribution in [2.24, 2.45) is 10.7 Å². The lowest BCUT2D eigenvalue weighted by Crippen LogP contribution is -2.35. The average molecular weight is 417 g/mol. The Balaban J connectivity index is 0.00000176. The van der Waals surface area contributed by atoms with Crippen molar-refractivity contribution in [3.05, 3.63) is 36.0 Å². The summed E-state index contributed by atoms with van der Waals surface area (Å²) in [7, 11) is 1.92. The Labute approximate surface area is 144 Å². The molecule has 6 nitrogen and oxygen atoms in total. The van der Waals surface area contributed by atoms with Crippen LogP contribution in [-0.2, 0) is 6.54 Å². The van der Waals surface area contributed by atoms with Crippen LogP contribution in [0, 0.1) is 5.82 Å². The predicted octanol–water partition coefficient (Wildman–Crippen LogP) is 2.40. The highest BCUT2D eigenvalue weighted by atomic mass is 127. The van der Waals surface area contributed by atoms with E-state index in [1.165, 1.54) is 12.1 Å². The molecular formula is C14H17FIN5O. The Morgan fingerprint density at radius 2 is 2.27 bits per heavy atom. The van der Waals surface area contributed by atoms with Crippen LogP contribution in [-0.4, -0.2) is 34.1 Å². The van der Waals surface area contributed by atoms with Crippen LogP contribution in [0.4, 0.5) is 4.39 Å². The van der Waals surface area contributed by atoms with E-state index < -0.39 is 0 Å². The number of hydrogen-bond acceptors (Lipinski definition) is 4. The van der Waals surface area contributed by atoms with Gasteiger partial charge in [0.05, 0.1) is 0 Å². The van der Waals surface area contributed by atoms with Gasteiger partial charge in [0, 0.05) is 18.7 Å². The molecule has 0 radical (unpaired) electrons. The van der Waals surface area contributed by atoms with Crippen LogP contribution in [0.2, 0.25) is 0 Å². The van der Waals surface area contributed by atoms with E-state index in [9.17, 15) is 4.39 Å². The lowest BCUT2D eigenvalue weighted by atomic mass is 10.2. The minimum atomic E-state index is -0.341. The molecule has 1 aromatic heterocycles. The summed E-state index contributed by atoms with van der Waals surface area (Å²) < 4.78 is 18.3. The molecule has 0 aliphatic heterocycles. The summed E-state index contributed by atoms with van der Waals surface area (Å²) in [5.41, 5.74) is 6.45. The van der Waals surface area contributed by atoms with Crippen molar-refractivity contribution >= 4 is 29.9 Å². The Morgan fingerprint density at radius 1 is 1.50 bits per heavy atom. The van der Waals surface area contributed by atoms with Crippen molar-refractivity contribution < 1.29 is 8.91 Å². The third kappa shape index (κ3) is 3.93. The summed E-state index contributed by atoms with van der Waals surface area (Å²) in [4.78, 5) is 10.4. The molecule has 0 unspecified atom stereocenters. The van der Waals surface area contributed by atoms with E-state index in [1.54, 1.807) is 12.1 Å². The summed E-state index contributed by atoms with van der Waals surface area (Å²) >= 11 is 0. The molecule has 2 aromatic rings. The standard InChI is InChI=1S/C14H16FN5O.HI/c1-20(11-5-6-11)14(16)17-8-12-18-13(19-21-12)9-3-2-4-10(15)7-9;/h2-4,7,11H,5-6,8H2,1H3,(H2,16,17);1H. The first-order valence-electron chi connectivity index (χ1n) is 6.75.